The second-order valence-electron chi connectivity index (χ2n) is 14.7. The summed E-state index contributed by atoms with van der Waals surface area (Å²) in [6.45, 7) is 23.7. The van der Waals surface area contributed by atoms with E-state index in [1.807, 2.05) is 0 Å². The fraction of sp³-hybridized carbons (Fsp3) is 0.511. The van der Waals surface area contributed by atoms with Crippen molar-refractivity contribution >= 4 is 23.6 Å². The maximum atomic E-state index is 2.70. The predicted octanol–water partition coefficient (Wildman–Crippen LogP) is 11.2. The van der Waals surface area contributed by atoms with E-state index < -0.39 is 8.07 Å². The zero-order valence-electron chi connectivity index (χ0n) is 31.3. The number of rotatable bonds is 16. The highest BCUT2D eigenvalue weighted by molar-refractivity contribution is 7.13. The molecule has 0 nitrogen and oxygen atoms in total. The van der Waals surface area contributed by atoms with Crippen LogP contribution in [-0.4, -0.2) is 8.07 Å². The smallest absolute Gasteiger partial charge is 0.0654 e. The Bertz CT molecular complexity index is 1390. The molecule has 3 aromatic rings. The van der Waals surface area contributed by atoms with Gasteiger partial charge < -0.3 is 0 Å². The molecule has 0 unspecified atom stereocenters. The molecule has 0 atom stereocenters. The van der Waals surface area contributed by atoms with Crippen molar-refractivity contribution in [3.8, 4) is 0 Å². The van der Waals surface area contributed by atoms with Gasteiger partial charge in [-0.2, -0.15) is 0 Å². The van der Waals surface area contributed by atoms with Gasteiger partial charge in [-0.15, -0.1) is 0 Å². The van der Waals surface area contributed by atoms with Gasteiger partial charge in [0, 0.05) is 5.54 Å². The van der Waals surface area contributed by atoms with E-state index in [4.69, 9.17) is 0 Å². The largest absolute Gasteiger partial charge is 0.159 e. The summed E-state index contributed by atoms with van der Waals surface area (Å²) in [5.41, 5.74) is 15.6. The van der Waals surface area contributed by atoms with Gasteiger partial charge in [0.05, 0.1) is 0 Å². The summed E-state index contributed by atoms with van der Waals surface area (Å²) >= 11 is 0. The molecule has 0 bridgehead atoms. The molecule has 46 heavy (non-hydrogen) atoms. The van der Waals surface area contributed by atoms with Gasteiger partial charge in [-0.25, -0.2) is 0 Å². The van der Waals surface area contributed by atoms with Crippen LogP contribution in [0.15, 0.2) is 76.9 Å². The van der Waals surface area contributed by atoms with E-state index in [9.17, 15) is 0 Å². The maximum absolute atomic E-state index is 2.70. The van der Waals surface area contributed by atoms with Crippen molar-refractivity contribution in [2.45, 2.75) is 152 Å². The van der Waals surface area contributed by atoms with Gasteiger partial charge in [0.1, 0.15) is 0 Å². The Morgan fingerprint density at radius 1 is 0.413 bits per heavy atom. The number of allylic oxidation sites excluding steroid dienone is 4. The summed E-state index contributed by atoms with van der Waals surface area (Å²) in [6.07, 6.45) is 14.6. The Balaban J connectivity index is 2.23. The van der Waals surface area contributed by atoms with Crippen molar-refractivity contribution in [1.82, 2.24) is 0 Å². The number of unbranched alkanes of at least 4 members (excludes halogenated alkanes) is 4. The van der Waals surface area contributed by atoms with Crippen LogP contribution < -0.4 is 15.6 Å². The van der Waals surface area contributed by atoms with E-state index in [2.05, 4.69) is 124 Å². The van der Waals surface area contributed by atoms with Crippen molar-refractivity contribution in [3.63, 3.8) is 0 Å². The lowest BCUT2D eigenvalue weighted by atomic mass is 10.0. The Labute approximate surface area is 284 Å². The van der Waals surface area contributed by atoms with Gasteiger partial charge in [-0.05, 0) is 142 Å². The van der Waals surface area contributed by atoms with Crippen LogP contribution in [0.3, 0.4) is 0 Å². The third-order valence-electron chi connectivity index (χ3n) is 11.0. The topological polar surface area (TPSA) is 0 Å². The van der Waals surface area contributed by atoms with Crippen LogP contribution in [0.1, 0.15) is 140 Å². The number of aryl methyl sites for hydroxylation is 6. The maximum Gasteiger partial charge on any atom is 0.159 e. The molecule has 0 aromatic heterocycles. The molecule has 0 spiro atoms. The third kappa shape index (κ3) is 7.73. The molecule has 1 heteroatoms. The Kier molecular flexibility index (Phi) is 12.9. The molecule has 1 aliphatic rings. The Morgan fingerprint density at radius 2 is 0.717 bits per heavy atom. The second kappa shape index (κ2) is 16.5. The first-order valence-corrected chi connectivity index (χ1v) is 20.9. The number of hydrogen-bond acceptors (Lipinski definition) is 0. The number of hydrogen-bond donors (Lipinski definition) is 0. The van der Waals surface area contributed by atoms with Crippen LogP contribution in [0.4, 0.5) is 0 Å². The van der Waals surface area contributed by atoms with Crippen molar-refractivity contribution in [2.24, 2.45) is 0 Å². The summed E-state index contributed by atoms with van der Waals surface area (Å²) in [4.78, 5) is 0. The van der Waals surface area contributed by atoms with Gasteiger partial charge in [-0.3, -0.25) is 0 Å². The lowest BCUT2D eigenvalue weighted by molar-refractivity contribution is 0.781. The molecule has 0 aliphatic heterocycles. The van der Waals surface area contributed by atoms with Crippen LogP contribution in [0.5, 0.6) is 0 Å². The van der Waals surface area contributed by atoms with E-state index in [0.717, 1.165) is 0 Å². The first kappa shape index (κ1) is 36.2. The summed E-state index contributed by atoms with van der Waals surface area (Å²) in [6, 6.07) is 23.5. The van der Waals surface area contributed by atoms with Gasteiger partial charge in [0.25, 0.3) is 0 Å². The molecular weight excluding hydrogens is 569 g/mol. The monoisotopic (exact) mass is 632 g/mol. The molecule has 0 N–H and O–H groups in total. The van der Waals surface area contributed by atoms with E-state index in [1.165, 1.54) is 99.3 Å². The van der Waals surface area contributed by atoms with E-state index in [1.54, 1.807) is 49.0 Å². The Hall–Kier alpha value is -2.64. The zero-order valence-corrected chi connectivity index (χ0v) is 32.3. The molecule has 248 valence electrons. The molecule has 0 amide bonds. The molecule has 1 aliphatic carbocycles. The Morgan fingerprint density at radius 3 is 1.02 bits per heavy atom. The van der Waals surface area contributed by atoms with E-state index >= 15 is 0 Å². The second-order valence-corrected chi connectivity index (χ2v) is 18.6. The molecule has 0 fully saturated rings. The fourth-order valence-corrected chi connectivity index (χ4v) is 14.6. The fourth-order valence-electron chi connectivity index (χ4n) is 8.28. The summed E-state index contributed by atoms with van der Waals surface area (Å²) in [5.74, 6) is 0. The normalized spacial score (nSPS) is 14.2. The van der Waals surface area contributed by atoms with Crippen molar-refractivity contribution in [1.29, 1.82) is 0 Å². The summed E-state index contributed by atoms with van der Waals surface area (Å²) in [5, 5.41) is 4.87. The summed E-state index contributed by atoms with van der Waals surface area (Å²) < 4.78 is 0. The average Bonchev–Trinajstić information content (AvgIpc) is 3.23. The minimum Gasteiger partial charge on any atom is -0.0654 e. The van der Waals surface area contributed by atoms with Crippen LogP contribution in [0.2, 0.25) is 5.54 Å². The molecule has 4 rings (SSSR count). The molecule has 0 radical (unpaired) electrons. The lowest BCUT2D eigenvalue weighted by Gasteiger charge is -2.42. The van der Waals surface area contributed by atoms with Crippen LogP contribution in [0, 0.1) is 13.8 Å². The molecule has 0 heterocycles. The van der Waals surface area contributed by atoms with Crippen LogP contribution in [-0.2, 0) is 25.7 Å². The van der Waals surface area contributed by atoms with Crippen molar-refractivity contribution in [2.75, 3.05) is 0 Å². The third-order valence-corrected chi connectivity index (χ3v) is 16.3. The van der Waals surface area contributed by atoms with Crippen LogP contribution in [0.25, 0.3) is 0 Å². The first-order valence-electron chi connectivity index (χ1n) is 18.8. The average molecular weight is 633 g/mol. The minimum atomic E-state index is -2.66. The first-order chi connectivity index (χ1) is 22.1. The SMILES string of the molecule is CCCCc1cc(CCCC)cc([Si](c2cc(C)cc(C)c2)(c2cc(CCCC)cc(CCCC)c2)C2C(C)=C(C)C(C)=C2C)c1. The molecular formula is C45H64Si. The van der Waals surface area contributed by atoms with E-state index in [0.29, 0.717) is 5.54 Å². The van der Waals surface area contributed by atoms with E-state index in [-0.39, 0.29) is 0 Å². The predicted molar refractivity (Wildman–Crippen MR) is 208 cm³/mol. The van der Waals surface area contributed by atoms with Gasteiger partial charge >= 0.3 is 0 Å². The lowest BCUT2D eigenvalue weighted by Crippen LogP contribution is -2.70. The quantitative estimate of drug-likeness (QED) is 0.109. The minimum absolute atomic E-state index is 0.412. The van der Waals surface area contributed by atoms with Crippen LogP contribution >= 0.6 is 0 Å². The van der Waals surface area contributed by atoms with Gasteiger partial charge in [0.2, 0.25) is 0 Å². The van der Waals surface area contributed by atoms with Gasteiger partial charge in [0.15, 0.2) is 8.07 Å². The summed E-state index contributed by atoms with van der Waals surface area (Å²) in [7, 11) is -2.66. The highest BCUT2D eigenvalue weighted by Gasteiger charge is 2.50. The molecule has 3 aromatic carbocycles. The standard InChI is InChI=1S/C45H64Si/c1-11-15-19-38-26-39(20-16-12-2)29-43(28-38)46(42-24-32(5)23-33(6)25-42,45-36(9)34(7)35(8)37(45)10)44-30-40(21-17-13-3)27-41(31-44)22-18-14-4/h23-31,45H,11-22H2,1-10H3. The molecule has 0 saturated carbocycles. The van der Waals surface area contributed by atoms with Gasteiger partial charge in [-0.1, -0.05) is 130 Å². The highest BCUT2D eigenvalue weighted by atomic mass is 28.3. The number of benzene rings is 3. The zero-order chi connectivity index (χ0) is 33.4. The highest BCUT2D eigenvalue weighted by Crippen LogP contribution is 2.46. The molecule has 0 saturated heterocycles. The van der Waals surface area contributed by atoms with Crippen molar-refractivity contribution in [3.05, 3.63) is 110 Å². The van der Waals surface area contributed by atoms with Crippen molar-refractivity contribution < 1.29 is 0 Å².